The summed E-state index contributed by atoms with van der Waals surface area (Å²) in [6.07, 6.45) is 0. The maximum atomic E-state index is 5.75. The van der Waals surface area contributed by atoms with Gasteiger partial charge in [0, 0.05) is 11.8 Å². The molecule has 0 spiro atoms. The van der Waals surface area contributed by atoms with Gasteiger partial charge in [0.2, 0.25) is 0 Å². The fourth-order valence-corrected chi connectivity index (χ4v) is 1.94. The third kappa shape index (κ3) is 3.67. The van der Waals surface area contributed by atoms with Crippen molar-refractivity contribution in [1.29, 1.82) is 0 Å². The fourth-order valence-electron chi connectivity index (χ4n) is 1.94. The highest BCUT2D eigenvalue weighted by molar-refractivity contribution is 5.47. The first-order chi connectivity index (χ1) is 9.56. The predicted octanol–water partition coefficient (Wildman–Crippen LogP) is 3.65. The Morgan fingerprint density at radius 3 is 2.00 bits per heavy atom. The average Bonchev–Trinajstić information content (AvgIpc) is 2.42. The summed E-state index contributed by atoms with van der Waals surface area (Å²) in [5.41, 5.74) is 9.86. The topological polar surface area (TPSA) is 44.5 Å². The second-order valence-corrected chi connectivity index (χ2v) is 4.99. The third-order valence-electron chi connectivity index (χ3n) is 3.15. The highest BCUT2D eigenvalue weighted by atomic mass is 16.5. The SMILES string of the molecule is Cc1ccc(C)c(OCCOc2cc(N)ccc2C)c1. The minimum Gasteiger partial charge on any atom is -0.490 e. The Labute approximate surface area is 120 Å². The maximum absolute atomic E-state index is 5.75. The van der Waals surface area contributed by atoms with Crippen LogP contribution in [0.25, 0.3) is 0 Å². The molecule has 2 aromatic carbocycles. The first kappa shape index (κ1) is 14.3. The van der Waals surface area contributed by atoms with Crippen LogP contribution in [0.4, 0.5) is 5.69 Å². The Morgan fingerprint density at radius 2 is 1.35 bits per heavy atom. The minimum absolute atomic E-state index is 0.498. The average molecular weight is 271 g/mol. The summed E-state index contributed by atoms with van der Waals surface area (Å²) in [7, 11) is 0. The van der Waals surface area contributed by atoms with Crippen LogP contribution >= 0.6 is 0 Å². The molecular formula is C17H21NO2. The summed E-state index contributed by atoms with van der Waals surface area (Å²) >= 11 is 0. The van der Waals surface area contributed by atoms with Gasteiger partial charge in [0.25, 0.3) is 0 Å². The number of ether oxygens (including phenoxy) is 2. The van der Waals surface area contributed by atoms with E-state index in [-0.39, 0.29) is 0 Å². The van der Waals surface area contributed by atoms with Gasteiger partial charge in [-0.05, 0) is 49.6 Å². The molecule has 0 fully saturated rings. The van der Waals surface area contributed by atoms with Crippen molar-refractivity contribution in [3.63, 3.8) is 0 Å². The summed E-state index contributed by atoms with van der Waals surface area (Å²) < 4.78 is 11.5. The molecule has 20 heavy (non-hydrogen) atoms. The van der Waals surface area contributed by atoms with E-state index in [1.807, 2.05) is 38.1 Å². The van der Waals surface area contributed by atoms with Gasteiger partial charge in [0.15, 0.2) is 0 Å². The molecular weight excluding hydrogens is 250 g/mol. The van der Waals surface area contributed by atoms with Gasteiger partial charge in [-0.15, -0.1) is 0 Å². The van der Waals surface area contributed by atoms with Crippen molar-refractivity contribution in [3.05, 3.63) is 53.1 Å². The number of rotatable bonds is 5. The van der Waals surface area contributed by atoms with Gasteiger partial charge in [0.05, 0.1) is 0 Å². The van der Waals surface area contributed by atoms with Crippen molar-refractivity contribution >= 4 is 5.69 Å². The lowest BCUT2D eigenvalue weighted by molar-refractivity contribution is 0.215. The van der Waals surface area contributed by atoms with E-state index in [4.69, 9.17) is 15.2 Å². The van der Waals surface area contributed by atoms with Crippen molar-refractivity contribution in [3.8, 4) is 11.5 Å². The number of aryl methyl sites for hydroxylation is 3. The summed E-state index contributed by atoms with van der Waals surface area (Å²) in [4.78, 5) is 0. The van der Waals surface area contributed by atoms with Crippen molar-refractivity contribution in [1.82, 2.24) is 0 Å². The Bertz CT molecular complexity index is 540. The van der Waals surface area contributed by atoms with Crippen LogP contribution in [0.3, 0.4) is 0 Å². The van der Waals surface area contributed by atoms with Crippen molar-refractivity contribution in [2.75, 3.05) is 18.9 Å². The lowest BCUT2D eigenvalue weighted by Crippen LogP contribution is -2.10. The Kier molecular flexibility index (Phi) is 4.51. The van der Waals surface area contributed by atoms with Crippen LogP contribution in [0.2, 0.25) is 0 Å². The van der Waals surface area contributed by atoms with Crippen molar-refractivity contribution in [2.45, 2.75) is 20.8 Å². The molecule has 0 unspecified atom stereocenters. The van der Waals surface area contributed by atoms with Gasteiger partial charge in [-0.1, -0.05) is 18.2 Å². The van der Waals surface area contributed by atoms with Crippen LogP contribution in [0.1, 0.15) is 16.7 Å². The molecule has 0 aliphatic heterocycles. The fraction of sp³-hybridized carbons (Fsp3) is 0.294. The Hall–Kier alpha value is -2.16. The van der Waals surface area contributed by atoms with E-state index in [1.165, 1.54) is 5.56 Å². The van der Waals surface area contributed by atoms with E-state index in [9.17, 15) is 0 Å². The summed E-state index contributed by atoms with van der Waals surface area (Å²) in [5, 5.41) is 0. The predicted molar refractivity (Wildman–Crippen MR) is 82.5 cm³/mol. The van der Waals surface area contributed by atoms with Crippen LogP contribution in [0.5, 0.6) is 11.5 Å². The number of benzene rings is 2. The van der Waals surface area contributed by atoms with Gasteiger partial charge < -0.3 is 15.2 Å². The maximum Gasteiger partial charge on any atom is 0.124 e. The number of nitrogen functional groups attached to an aromatic ring is 1. The molecule has 0 radical (unpaired) electrons. The molecule has 0 saturated carbocycles. The van der Waals surface area contributed by atoms with Gasteiger partial charge >= 0.3 is 0 Å². The van der Waals surface area contributed by atoms with E-state index >= 15 is 0 Å². The zero-order chi connectivity index (χ0) is 14.5. The number of nitrogens with two attached hydrogens (primary N) is 1. The van der Waals surface area contributed by atoms with Gasteiger partial charge in [-0.25, -0.2) is 0 Å². The normalized spacial score (nSPS) is 10.3. The Balaban J connectivity index is 1.87. The summed E-state index contributed by atoms with van der Waals surface area (Å²) in [6, 6.07) is 11.8. The zero-order valence-corrected chi connectivity index (χ0v) is 12.3. The molecule has 0 aliphatic rings. The number of hydrogen-bond acceptors (Lipinski definition) is 3. The lowest BCUT2D eigenvalue weighted by atomic mass is 10.1. The molecule has 0 atom stereocenters. The smallest absolute Gasteiger partial charge is 0.124 e. The molecule has 106 valence electrons. The number of hydrogen-bond donors (Lipinski definition) is 1. The van der Waals surface area contributed by atoms with Gasteiger partial charge in [0.1, 0.15) is 24.7 Å². The van der Waals surface area contributed by atoms with Crippen molar-refractivity contribution in [2.24, 2.45) is 0 Å². The first-order valence-electron chi connectivity index (χ1n) is 6.75. The van der Waals surface area contributed by atoms with E-state index in [2.05, 4.69) is 19.1 Å². The van der Waals surface area contributed by atoms with Gasteiger partial charge in [-0.2, -0.15) is 0 Å². The lowest BCUT2D eigenvalue weighted by Gasteiger charge is -2.12. The van der Waals surface area contributed by atoms with E-state index < -0.39 is 0 Å². The quantitative estimate of drug-likeness (QED) is 0.667. The third-order valence-corrected chi connectivity index (χ3v) is 3.15. The summed E-state index contributed by atoms with van der Waals surface area (Å²) in [6.45, 7) is 7.10. The minimum atomic E-state index is 0.498. The summed E-state index contributed by atoms with van der Waals surface area (Å²) in [5.74, 6) is 1.73. The molecule has 0 aliphatic carbocycles. The largest absolute Gasteiger partial charge is 0.490 e. The second kappa shape index (κ2) is 6.33. The molecule has 2 aromatic rings. The second-order valence-electron chi connectivity index (χ2n) is 4.99. The van der Waals surface area contributed by atoms with E-state index in [0.717, 1.165) is 22.6 Å². The van der Waals surface area contributed by atoms with Crippen molar-refractivity contribution < 1.29 is 9.47 Å². The molecule has 0 heterocycles. The highest BCUT2D eigenvalue weighted by Gasteiger charge is 2.02. The highest BCUT2D eigenvalue weighted by Crippen LogP contribution is 2.21. The molecule has 2 N–H and O–H groups in total. The molecule has 3 heteroatoms. The molecule has 3 nitrogen and oxygen atoms in total. The molecule has 0 aromatic heterocycles. The Morgan fingerprint density at radius 1 is 0.800 bits per heavy atom. The molecule has 0 bridgehead atoms. The van der Waals surface area contributed by atoms with Crippen LogP contribution < -0.4 is 15.2 Å². The molecule has 2 rings (SSSR count). The zero-order valence-electron chi connectivity index (χ0n) is 12.3. The first-order valence-corrected chi connectivity index (χ1v) is 6.75. The number of anilines is 1. The molecule has 0 amide bonds. The van der Waals surface area contributed by atoms with Gasteiger partial charge in [-0.3, -0.25) is 0 Å². The standard InChI is InChI=1S/C17H21NO2/c1-12-4-5-13(2)16(10-12)19-8-9-20-17-11-15(18)7-6-14(17)3/h4-7,10-11H,8-9,18H2,1-3H3. The molecule has 0 saturated heterocycles. The van der Waals surface area contributed by atoms with E-state index in [0.29, 0.717) is 18.9 Å². The van der Waals surface area contributed by atoms with E-state index in [1.54, 1.807) is 0 Å². The monoisotopic (exact) mass is 271 g/mol. The van der Waals surface area contributed by atoms with Crippen LogP contribution in [-0.4, -0.2) is 13.2 Å². The van der Waals surface area contributed by atoms with Crippen LogP contribution in [0, 0.1) is 20.8 Å². The van der Waals surface area contributed by atoms with Crippen LogP contribution in [0.15, 0.2) is 36.4 Å². The van der Waals surface area contributed by atoms with Crippen LogP contribution in [-0.2, 0) is 0 Å².